The first-order chi connectivity index (χ1) is 14.6. The van der Waals surface area contributed by atoms with Gasteiger partial charge in [-0.15, -0.1) is 0 Å². The van der Waals surface area contributed by atoms with Crippen LogP contribution in [0.15, 0.2) is 59.8 Å². The molecule has 1 saturated heterocycles. The molecular weight excluding hydrogens is 402 g/mol. The number of hydrogen-bond acceptors (Lipinski definition) is 6. The normalized spacial score (nSPS) is 16.1. The fourth-order valence-corrected chi connectivity index (χ4v) is 3.80. The van der Waals surface area contributed by atoms with Crippen LogP contribution in [0.25, 0.3) is 5.69 Å². The maximum absolute atomic E-state index is 12.6. The van der Waals surface area contributed by atoms with Gasteiger partial charge in [0, 0.05) is 37.6 Å². The van der Waals surface area contributed by atoms with Crippen molar-refractivity contribution in [2.75, 3.05) is 25.0 Å². The molecular formula is C22H24ClN5O2. The van der Waals surface area contributed by atoms with E-state index in [4.69, 9.17) is 16.3 Å². The summed E-state index contributed by atoms with van der Waals surface area (Å²) in [6.45, 7) is 2.21. The first-order valence-corrected chi connectivity index (χ1v) is 10.4. The van der Waals surface area contributed by atoms with Gasteiger partial charge in [-0.3, -0.25) is 14.3 Å². The number of nitrogens with one attached hydrogen (secondary N) is 1. The predicted octanol–water partition coefficient (Wildman–Crippen LogP) is 3.05. The molecule has 0 amide bonds. The molecule has 0 saturated carbocycles. The summed E-state index contributed by atoms with van der Waals surface area (Å²) in [7, 11) is 1.97. The molecule has 156 valence electrons. The molecule has 30 heavy (non-hydrogen) atoms. The van der Waals surface area contributed by atoms with Gasteiger partial charge in [0.25, 0.3) is 5.56 Å². The van der Waals surface area contributed by atoms with Crippen LogP contribution in [0.4, 0.5) is 5.82 Å². The average molecular weight is 426 g/mol. The summed E-state index contributed by atoms with van der Waals surface area (Å²) < 4.78 is 7.23. The van der Waals surface area contributed by atoms with Crippen LogP contribution in [0.1, 0.15) is 18.5 Å². The van der Waals surface area contributed by atoms with Crippen LogP contribution in [0, 0.1) is 0 Å². The van der Waals surface area contributed by atoms with Gasteiger partial charge in [-0.25, -0.2) is 4.98 Å². The fourth-order valence-electron chi connectivity index (χ4n) is 3.69. The van der Waals surface area contributed by atoms with Gasteiger partial charge >= 0.3 is 0 Å². The lowest BCUT2D eigenvalue weighted by atomic mass is 10.2. The molecule has 8 heteroatoms. The Kier molecular flexibility index (Phi) is 6.30. The van der Waals surface area contributed by atoms with Gasteiger partial charge in [0.2, 0.25) is 0 Å². The Hall–Kier alpha value is -2.90. The maximum Gasteiger partial charge on any atom is 0.258 e. The zero-order chi connectivity index (χ0) is 20.9. The molecule has 0 radical (unpaired) electrons. The molecule has 1 N–H and O–H groups in total. The van der Waals surface area contributed by atoms with Crippen molar-refractivity contribution in [3.05, 3.63) is 76.1 Å². The number of hydrogen-bond donors (Lipinski definition) is 1. The lowest BCUT2D eigenvalue weighted by molar-refractivity contribution is 0.300. The summed E-state index contributed by atoms with van der Waals surface area (Å²) in [6.07, 6.45) is 7.34. The lowest BCUT2D eigenvalue weighted by Gasteiger charge is -2.25. The number of rotatable bonds is 7. The lowest BCUT2D eigenvalue weighted by Crippen LogP contribution is -2.37. The fraction of sp³-hybridized carbons (Fsp3) is 0.318. The third-order valence-electron chi connectivity index (χ3n) is 5.19. The highest BCUT2D eigenvalue weighted by atomic mass is 35.5. The van der Waals surface area contributed by atoms with E-state index in [2.05, 4.69) is 20.2 Å². The van der Waals surface area contributed by atoms with Gasteiger partial charge in [0.1, 0.15) is 18.2 Å². The second-order valence-corrected chi connectivity index (χ2v) is 7.69. The molecule has 0 unspecified atom stereocenters. The van der Waals surface area contributed by atoms with Crippen LogP contribution >= 0.6 is 11.6 Å². The molecule has 3 aromatic rings. The summed E-state index contributed by atoms with van der Waals surface area (Å²) in [4.78, 5) is 23.7. The van der Waals surface area contributed by atoms with Crippen molar-refractivity contribution in [1.29, 1.82) is 0 Å². The van der Waals surface area contributed by atoms with Crippen molar-refractivity contribution in [1.82, 2.24) is 19.9 Å². The predicted molar refractivity (Wildman–Crippen MR) is 118 cm³/mol. The first kappa shape index (κ1) is 20.4. The zero-order valence-electron chi connectivity index (χ0n) is 16.8. The molecule has 1 aliphatic heterocycles. The molecule has 0 bridgehead atoms. The third kappa shape index (κ3) is 4.63. The summed E-state index contributed by atoms with van der Waals surface area (Å²) >= 11 is 5.84. The second kappa shape index (κ2) is 9.28. The minimum atomic E-state index is -0.180. The Labute approximate surface area is 180 Å². The van der Waals surface area contributed by atoms with E-state index in [0.717, 1.165) is 36.7 Å². The highest BCUT2D eigenvalue weighted by Crippen LogP contribution is 2.24. The Bertz CT molecular complexity index is 1040. The molecule has 3 aromatic heterocycles. The van der Waals surface area contributed by atoms with Crippen LogP contribution in [0.2, 0.25) is 5.02 Å². The smallest absolute Gasteiger partial charge is 0.258 e. The van der Waals surface area contributed by atoms with E-state index in [-0.39, 0.29) is 12.2 Å². The summed E-state index contributed by atoms with van der Waals surface area (Å²) in [5.41, 5.74) is 1.28. The van der Waals surface area contributed by atoms with E-state index in [0.29, 0.717) is 16.8 Å². The average Bonchev–Trinajstić information content (AvgIpc) is 3.22. The monoisotopic (exact) mass is 425 g/mol. The van der Waals surface area contributed by atoms with Crippen molar-refractivity contribution in [3.63, 3.8) is 0 Å². The van der Waals surface area contributed by atoms with Gasteiger partial charge in [0.05, 0.1) is 22.6 Å². The van der Waals surface area contributed by atoms with Crippen LogP contribution in [-0.2, 0) is 6.61 Å². The van der Waals surface area contributed by atoms with E-state index in [1.165, 1.54) is 12.5 Å². The number of halogens is 1. The van der Waals surface area contributed by atoms with Gasteiger partial charge in [-0.1, -0.05) is 11.6 Å². The third-order valence-corrected chi connectivity index (χ3v) is 5.41. The van der Waals surface area contributed by atoms with E-state index in [9.17, 15) is 4.79 Å². The number of aromatic nitrogens is 3. The van der Waals surface area contributed by atoms with Gasteiger partial charge in [-0.05, 0) is 50.2 Å². The standard InChI is InChI=1S/C22H24ClN5O2/c1-24-13-18-3-2-9-27(18)21-7-6-19(14-26-21)28-10-8-20(11-22(28)29)30-15-17-5-4-16(23)12-25-17/h4-8,10-12,14,18,24H,2-3,9,13,15H2,1H3/t18-/m1/s1. The highest BCUT2D eigenvalue weighted by molar-refractivity contribution is 6.30. The largest absolute Gasteiger partial charge is 0.487 e. The Morgan fingerprint density at radius 2 is 2.10 bits per heavy atom. The number of pyridine rings is 3. The van der Waals surface area contributed by atoms with Crippen LogP contribution < -0.4 is 20.5 Å². The van der Waals surface area contributed by atoms with Crippen molar-refractivity contribution >= 4 is 17.4 Å². The number of likely N-dealkylation sites (N-methyl/N-ethyl adjacent to an activating group) is 1. The SMILES string of the molecule is CNC[C@H]1CCCN1c1ccc(-n2ccc(OCc3ccc(Cl)cn3)cc2=O)cn1. The number of nitrogens with zero attached hydrogens (tertiary/aromatic N) is 4. The zero-order valence-corrected chi connectivity index (χ0v) is 17.5. The van der Waals surface area contributed by atoms with E-state index in [1.54, 1.807) is 41.4 Å². The summed E-state index contributed by atoms with van der Waals surface area (Å²) in [5.74, 6) is 1.43. The minimum Gasteiger partial charge on any atom is -0.487 e. The van der Waals surface area contributed by atoms with Crippen molar-refractivity contribution in [3.8, 4) is 11.4 Å². The van der Waals surface area contributed by atoms with Crippen LogP contribution in [0.5, 0.6) is 5.75 Å². The Balaban J connectivity index is 1.45. The van der Waals surface area contributed by atoms with Crippen molar-refractivity contribution in [2.24, 2.45) is 0 Å². The Morgan fingerprint density at radius 1 is 1.20 bits per heavy atom. The molecule has 0 spiro atoms. The molecule has 1 aliphatic rings. The molecule has 0 aromatic carbocycles. The minimum absolute atomic E-state index is 0.180. The molecule has 4 rings (SSSR count). The van der Waals surface area contributed by atoms with Gasteiger partial charge < -0.3 is 15.0 Å². The quantitative estimate of drug-likeness (QED) is 0.627. The van der Waals surface area contributed by atoms with Crippen molar-refractivity contribution in [2.45, 2.75) is 25.5 Å². The summed E-state index contributed by atoms with van der Waals surface area (Å²) in [6, 6.07) is 11.1. The summed E-state index contributed by atoms with van der Waals surface area (Å²) in [5, 5.41) is 3.82. The van der Waals surface area contributed by atoms with E-state index in [1.807, 2.05) is 19.2 Å². The van der Waals surface area contributed by atoms with E-state index >= 15 is 0 Å². The topological polar surface area (TPSA) is 72.3 Å². The van der Waals surface area contributed by atoms with Gasteiger partial charge in [-0.2, -0.15) is 0 Å². The highest BCUT2D eigenvalue weighted by Gasteiger charge is 2.24. The molecule has 0 aliphatic carbocycles. The maximum atomic E-state index is 12.6. The van der Waals surface area contributed by atoms with E-state index < -0.39 is 0 Å². The number of anilines is 1. The first-order valence-electron chi connectivity index (χ1n) is 9.97. The van der Waals surface area contributed by atoms with Crippen LogP contribution in [-0.4, -0.2) is 40.7 Å². The van der Waals surface area contributed by atoms with Crippen LogP contribution in [0.3, 0.4) is 0 Å². The molecule has 1 atom stereocenters. The molecule has 4 heterocycles. The van der Waals surface area contributed by atoms with Crippen molar-refractivity contribution < 1.29 is 4.74 Å². The van der Waals surface area contributed by atoms with Gasteiger partial charge in [0.15, 0.2) is 0 Å². The Morgan fingerprint density at radius 3 is 2.80 bits per heavy atom. The second-order valence-electron chi connectivity index (χ2n) is 7.25. The molecule has 7 nitrogen and oxygen atoms in total. The number of ether oxygens (including phenoxy) is 1. The molecule has 1 fully saturated rings.